The summed E-state index contributed by atoms with van der Waals surface area (Å²) in [5.41, 5.74) is -1.64. The Morgan fingerprint density at radius 2 is 2.05 bits per heavy atom. The van der Waals surface area contributed by atoms with Crippen molar-refractivity contribution in [1.82, 2.24) is 0 Å². The van der Waals surface area contributed by atoms with Gasteiger partial charge in [-0.2, -0.15) is 0 Å². The van der Waals surface area contributed by atoms with Crippen LogP contribution in [0.1, 0.15) is 33.6 Å². The molecule has 2 aliphatic carbocycles. The van der Waals surface area contributed by atoms with Gasteiger partial charge in [0.2, 0.25) is 0 Å². The predicted octanol–water partition coefficient (Wildman–Crippen LogP) is 1.26. The van der Waals surface area contributed by atoms with Crippen LogP contribution in [0.3, 0.4) is 0 Å². The number of allylic oxidation sites excluding steroid dienone is 1. The highest BCUT2D eigenvalue weighted by molar-refractivity contribution is 5.81. The molecule has 19 heavy (non-hydrogen) atoms. The van der Waals surface area contributed by atoms with Crippen molar-refractivity contribution in [2.45, 2.75) is 51.4 Å². The van der Waals surface area contributed by atoms with Gasteiger partial charge in [-0.1, -0.05) is 26.0 Å². The first-order valence-electron chi connectivity index (χ1n) is 7.08. The fraction of sp³-hybridized carbons (Fsp3) is 0.800. The van der Waals surface area contributed by atoms with Crippen LogP contribution in [0, 0.1) is 23.2 Å². The van der Waals surface area contributed by atoms with Crippen LogP contribution in [-0.2, 0) is 9.53 Å². The van der Waals surface area contributed by atoms with Crippen molar-refractivity contribution in [1.29, 1.82) is 0 Å². The Bertz CT molecular complexity index is 441. The summed E-state index contributed by atoms with van der Waals surface area (Å²) in [6, 6.07) is 0. The smallest absolute Gasteiger partial charge is 0.338 e. The number of ether oxygens (including phenoxy) is 1. The van der Waals surface area contributed by atoms with Crippen LogP contribution in [0.25, 0.3) is 0 Å². The molecular weight excluding hydrogens is 244 g/mol. The molecule has 7 atom stereocenters. The summed E-state index contributed by atoms with van der Waals surface area (Å²) in [5, 5.41) is 20.6. The number of fused-ring (bicyclic) bond motifs is 3. The summed E-state index contributed by atoms with van der Waals surface area (Å²) in [7, 11) is 0. The minimum Gasteiger partial charge on any atom is -0.459 e. The molecule has 0 bridgehead atoms. The normalized spacial score (nSPS) is 56.5. The highest BCUT2D eigenvalue weighted by atomic mass is 16.6. The number of carbonyl (C=O) groups is 1. The van der Waals surface area contributed by atoms with Crippen molar-refractivity contribution in [2.24, 2.45) is 23.2 Å². The summed E-state index contributed by atoms with van der Waals surface area (Å²) in [6.07, 6.45) is 4.60. The first kappa shape index (κ1) is 13.1. The molecule has 1 aliphatic heterocycles. The maximum atomic E-state index is 11.9. The topological polar surface area (TPSA) is 66.8 Å². The molecule has 4 nitrogen and oxygen atoms in total. The number of aliphatic hydroxyl groups is 2. The second-order valence-corrected chi connectivity index (χ2v) is 6.88. The molecule has 0 aromatic rings. The van der Waals surface area contributed by atoms with E-state index in [1.54, 1.807) is 6.92 Å². The van der Waals surface area contributed by atoms with E-state index in [4.69, 9.17) is 4.74 Å². The molecule has 0 aromatic carbocycles. The lowest BCUT2D eigenvalue weighted by Gasteiger charge is -2.52. The Hall–Kier alpha value is -0.870. The van der Waals surface area contributed by atoms with Crippen molar-refractivity contribution in [3.05, 3.63) is 12.2 Å². The van der Waals surface area contributed by atoms with E-state index in [2.05, 4.69) is 13.8 Å². The minimum atomic E-state index is -1.38. The Morgan fingerprint density at radius 1 is 1.37 bits per heavy atom. The van der Waals surface area contributed by atoms with Gasteiger partial charge in [0.25, 0.3) is 0 Å². The van der Waals surface area contributed by atoms with E-state index in [1.807, 2.05) is 12.2 Å². The molecule has 0 amide bonds. The van der Waals surface area contributed by atoms with Crippen molar-refractivity contribution in [3.63, 3.8) is 0 Å². The van der Waals surface area contributed by atoms with Crippen molar-refractivity contribution < 1.29 is 19.7 Å². The summed E-state index contributed by atoms with van der Waals surface area (Å²) >= 11 is 0. The quantitative estimate of drug-likeness (QED) is 0.512. The van der Waals surface area contributed by atoms with E-state index in [0.717, 1.165) is 6.42 Å². The Kier molecular flexibility index (Phi) is 2.64. The van der Waals surface area contributed by atoms with Gasteiger partial charge in [0.05, 0.1) is 6.10 Å². The molecule has 2 fully saturated rings. The molecule has 3 rings (SSSR count). The van der Waals surface area contributed by atoms with Gasteiger partial charge in [0.15, 0.2) is 5.60 Å². The molecule has 1 saturated carbocycles. The molecule has 0 unspecified atom stereocenters. The molecule has 0 spiro atoms. The lowest BCUT2D eigenvalue weighted by molar-refractivity contribution is -0.158. The Morgan fingerprint density at radius 3 is 2.74 bits per heavy atom. The van der Waals surface area contributed by atoms with E-state index in [1.165, 1.54) is 0 Å². The second-order valence-electron chi connectivity index (χ2n) is 6.88. The van der Waals surface area contributed by atoms with Crippen LogP contribution in [0.15, 0.2) is 12.2 Å². The van der Waals surface area contributed by atoms with Crippen LogP contribution >= 0.6 is 0 Å². The maximum absolute atomic E-state index is 11.9. The molecule has 1 heterocycles. The van der Waals surface area contributed by atoms with Gasteiger partial charge in [-0.05, 0) is 25.7 Å². The highest BCUT2D eigenvalue weighted by Gasteiger charge is 2.63. The fourth-order valence-electron chi connectivity index (χ4n) is 4.44. The molecule has 1 saturated heterocycles. The van der Waals surface area contributed by atoms with Crippen LogP contribution in [0.4, 0.5) is 0 Å². The van der Waals surface area contributed by atoms with Gasteiger partial charge in [-0.25, -0.2) is 4.79 Å². The van der Waals surface area contributed by atoms with Crippen molar-refractivity contribution in [2.75, 3.05) is 0 Å². The zero-order valence-corrected chi connectivity index (χ0v) is 11.7. The van der Waals surface area contributed by atoms with Gasteiger partial charge in [-0.3, -0.25) is 0 Å². The maximum Gasteiger partial charge on any atom is 0.338 e. The molecular formula is C15H22O4. The van der Waals surface area contributed by atoms with E-state index in [0.29, 0.717) is 6.42 Å². The number of aliphatic hydroxyl groups excluding tert-OH is 1. The summed E-state index contributed by atoms with van der Waals surface area (Å²) in [4.78, 5) is 11.9. The standard InChI is InChI=1S/C15H22O4/c1-8-4-5-10(16)14(2)7-6-9-12(11(8)14)19-13(17)15(9,3)18/h4-5,8-12,16,18H,6-7H2,1-3H3/t8-,9+,10-,11-,12+,14+,15-/m0/s1. The van der Waals surface area contributed by atoms with Crippen LogP contribution in [0.2, 0.25) is 0 Å². The summed E-state index contributed by atoms with van der Waals surface area (Å²) in [6.45, 7) is 5.72. The van der Waals surface area contributed by atoms with Gasteiger partial charge < -0.3 is 14.9 Å². The number of esters is 1. The molecule has 106 valence electrons. The highest BCUT2D eigenvalue weighted by Crippen LogP contribution is 2.56. The first-order valence-corrected chi connectivity index (χ1v) is 7.08. The van der Waals surface area contributed by atoms with Crippen molar-refractivity contribution >= 4 is 5.97 Å². The third-order valence-corrected chi connectivity index (χ3v) is 5.72. The number of carbonyl (C=O) groups excluding carboxylic acids is 1. The third-order valence-electron chi connectivity index (χ3n) is 5.72. The van der Waals surface area contributed by atoms with Gasteiger partial charge in [-0.15, -0.1) is 0 Å². The zero-order chi connectivity index (χ0) is 14.0. The van der Waals surface area contributed by atoms with E-state index >= 15 is 0 Å². The van der Waals surface area contributed by atoms with E-state index < -0.39 is 17.7 Å². The monoisotopic (exact) mass is 266 g/mol. The lowest BCUT2D eigenvalue weighted by Crippen LogP contribution is -2.55. The summed E-state index contributed by atoms with van der Waals surface area (Å²) < 4.78 is 5.50. The molecule has 4 heteroatoms. The van der Waals surface area contributed by atoms with Crippen LogP contribution in [-0.4, -0.2) is 34.0 Å². The van der Waals surface area contributed by atoms with Crippen LogP contribution in [0.5, 0.6) is 0 Å². The van der Waals surface area contributed by atoms with Gasteiger partial charge in [0, 0.05) is 17.3 Å². The molecule has 0 aromatic heterocycles. The van der Waals surface area contributed by atoms with Crippen LogP contribution < -0.4 is 0 Å². The zero-order valence-electron chi connectivity index (χ0n) is 11.7. The van der Waals surface area contributed by atoms with E-state index in [-0.39, 0.29) is 29.3 Å². The first-order chi connectivity index (χ1) is 8.78. The lowest BCUT2D eigenvalue weighted by atomic mass is 9.53. The minimum absolute atomic E-state index is 0.0733. The average molecular weight is 266 g/mol. The summed E-state index contributed by atoms with van der Waals surface area (Å²) in [5.74, 6) is -0.353. The SMILES string of the molecule is C[C@H]1C=C[C@H](O)[C@@]2(C)CC[C@@H]3[C@@H](OC(=O)[C@@]3(C)O)[C@H]12. The molecule has 3 aliphatic rings. The molecule has 0 radical (unpaired) electrons. The largest absolute Gasteiger partial charge is 0.459 e. The van der Waals surface area contributed by atoms with E-state index in [9.17, 15) is 15.0 Å². The molecule has 2 N–H and O–H groups in total. The Labute approximate surface area is 113 Å². The number of rotatable bonds is 0. The van der Waals surface area contributed by atoms with Crippen molar-refractivity contribution in [3.8, 4) is 0 Å². The average Bonchev–Trinajstić information content (AvgIpc) is 2.55. The van der Waals surface area contributed by atoms with Gasteiger partial charge in [0.1, 0.15) is 6.10 Å². The fourth-order valence-corrected chi connectivity index (χ4v) is 4.44. The number of hydrogen-bond acceptors (Lipinski definition) is 4. The van der Waals surface area contributed by atoms with Gasteiger partial charge >= 0.3 is 5.97 Å². The number of hydrogen-bond donors (Lipinski definition) is 2. The third kappa shape index (κ3) is 1.56. The second kappa shape index (κ2) is 3.83. The predicted molar refractivity (Wildman–Crippen MR) is 69.1 cm³/mol. The Balaban J connectivity index is 2.02.